The van der Waals surface area contributed by atoms with Crippen LogP contribution in [0.5, 0.6) is 5.75 Å². The number of benzene rings is 1. The van der Waals surface area contributed by atoms with Gasteiger partial charge in [0.2, 0.25) is 11.8 Å². The molecule has 1 fully saturated rings. The summed E-state index contributed by atoms with van der Waals surface area (Å²) in [5.41, 5.74) is 1.48. The number of methoxy groups -OCH3 is 1. The molecule has 7 nitrogen and oxygen atoms in total. The van der Waals surface area contributed by atoms with Gasteiger partial charge in [-0.3, -0.25) is 9.59 Å². The Balaban J connectivity index is 2.01. The molecule has 0 aliphatic carbocycles. The van der Waals surface area contributed by atoms with Crippen molar-refractivity contribution in [2.24, 2.45) is 9.57 Å². The summed E-state index contributed by atoms with van der Waals surface area (Å²) in [6.07, 6.45) is 0.0861. The van der Waals surface area contributed by atoms with E-state index < -0.39 is 15.9 Å². The molecule has 124 valence electrons. The number of hydrogen-bond acceptors (Lipinski definition) is 4. The zero-order valence-electron chi connectivity index (χ0n) is 13.3. The molecule has 2 amide bonds. The Kier molecular flexibility index (Phi) is 5.86. The zero-order valence-corrected chi connectivity index (χ0v) is 14.1. The molecule has 0 bridgehead atoms. The molecule has 8 heteroatoms. The van der Waals surface area contributed by atoms with E-state index in [4.69, 9.17) is 4.74 Å². The molecule has 0 spiro atoms. The van der Waals surface area contributed by atoms with Gasteiger partial charge in [0.1, 0.15) is 11.0 Å². The van der Waals surface area contributed by atoms with Gasteiger partial charge in [-0.05, 0) is 48.8 Å². The molecule has 1 heterocycles. The minimum atomic E-state index is -0.603. The van der Waals surface area contributed by atoms with Crippen LogP contribution in [0, 0.1) is 0 Å². The minimum absolute atomic E-state index is 0.0861. The minimum Gasteiger partial charge on any atom is -0.497 e. The molecule has 2 unspecified atom stereocenters. The number of nitrogens with one attached hydrogen (secondary N) is 2. The Morgan fingerprint density at radius 1 is 1.39 bits per heavy atom. The standard InChI is InChI=1S/C15H20N4O3S/c1-10(2)18-19-23-9-16-15(21)13(23)8-14(20)17-11-4-6-12(22-3)7-5-11/h4-7,13H,8-9H2,1-3H3,(H,16,21)(H,17,20). The number of anilines is 1. The topological polar surface area (TPSA) is 92.1 Å². The second-order valence-electron chi connectivity index (χ2n) is 5.18. The summed E-state index contributed by atoms with van der Waals surface area (Å²) >= 11 is 0. The molecule has 2 rings (SSSR count). The fourth-order valence-electron chi connectivity index (χ4n) is 1.95. The second-order valence-corrected chi connectivity index (χ2v) is 7.01. The maximum absolute atomic E-state index is 12.2. The van der Waals surface area contributed by atoms with Gasteiger partial charge in [0, 0.05) is 17.8 Å². The van der Waals surface area contributed by atoms with Crippen molar-refractivity contribution in [3.05, 3.63) is 24.3 Å². The second kappa shape index (κ2) is 7.87. The van der Waals surface area contributed by atoms with Gasteiger partial charge in [-0.15, -0.1) is 4.47 Å². The third-order valence-corrected chi connectivity index (χ3v) is 4.87. The highest BCUT2D eigenvalue weighted by Gasteiger charge is 2.32. The first-order valence-corrected chi connectivity index (χ1v) is 8.54. The molecule has 2 N–H and O–H groups in total. The lowest BCUT2D eigenvalue weighted by atomic mass is 10.2. The van der Waals surface area contributed by atoms with Gasteiger partial charge < -0.3 is 15.4 Å². The van der Waals surface area contributed by atoms with Crippen LogP contribution in [0.25, 0.3) is 0 Å². The van der Waals surface area contributed by atoms with Crippen molar-refractivity contribution in [3.63, 3.8) is 0 Å². The normalized spacial score (nSPS) is 20.0. The first-order chi connectivity index (χ1) is 11.0. The monoisotopic (exact) mass is 336 g/mol. The van der Waals surface area contributed by atoms with Crippen LogP contribution in [0.1, 0.15) is 20.3 Å². The predicted octanol–water partition coefficient (Wildman–Crippen LogP) is 1.68. The van der Waals surface area contributed by atoms with Crippen LogP contribution in [0.2, 0.25) is 0 Å². The lowest BCUT2D eigenvalue weighted by molar-refractivity contribution is -0.123. The van der Waals surface area contributed by atoms with E-state index in [2.05, 4.69) is 20.2 Å². The number of carbonyl (C=O) groups excluding carboxylic acids is 2. The summed E-state index contributed by atoms with van der Waals surface area (Å²) in [6, 6.07) is 7.02. The van der Waals surface area contributed by atoms with Crippen molar-refractivity contribution in [1.82, 2.24) is 5.32 Å². The van der Waals surface area contributed by atoms with Crippen LogP contribution in [0.3, 0.4) is 0 Å². The quantitative estimate of drug-likeness (QED) is 0.633. The first kappa shape index (κ1) is 17.1. The summed E-state index contributed by atoms with van der Waals surface area (Å²) < 4.78 is 9.24. The fourth-order valence-corrected chi connectivity index (χ4v) is 3.55. The van der Waals surface area contributed by atoms with Crippen molar-refractivity contribution >= 4 is 33.9 Å². The molecule has 0 saturated carbocycles. The smallest absolute Gasteiger partial charge is 0.235 e. The highest BCUT2D eigenvalue weighted by atomic mass is 32.2. The van der Waals surface area contributed by atoms with Crippen molar-refractivity contribution in [2.45, 2.75) is 25.5 Å². The van der Waals surface area contributed by atoms with E-state index >= 15 is 0 Å². The third-order valence-electron chi connectivity index (χ3n) is 3.11. The molecular formula is C15H20N4O3S. The maximum Gasteiger partial charge on any atom is 0.235 e. The number of hydrogen-bond donors (Lipinski definition) is 2. The largest absolute Gasteiger partial charge is 0.497 e. The van der Waals surface area contributed by atoms with E-state index in [-0.39, 0.29) is 18.2 Å². The van der Waals surface area contributed by atoms with Crippen molar-refractivity contribution < 1.29 is 14.3 Å². The van der Waals surface area contributed by atoms with Gasteiger partial charge in [-0.1, -0.05) is 0 Å². The Hall–Kier alpha value is -2.22. The van der Waals surface area contributed by atoms with E-state index in [0.29, 0.717) is 17.3 Å². The van der Waals surface area contributed by atoms with E-state index in [0.717, 1.165) is 5.71 Å². The molecule has 23 heavy (non-hydrogen) atoms. The highest BCUT2D eigenvalue weighted by molar-refractivity contribution is 7.89. The van der Waals surface area contributed by atoms with Crippen LogP contribution in [-0.2, 0) is 20.3 Å². The number of rotatable bonds is 5. The van der Waals surface area contributed by atoms with Crippen LogP contribution in [0.15, 0.2) is 33.8 Å². The maximum atomic E-state index is 12.2. The van der Waals surface area contributed by atoms with Crippen molar-refractivity contribution in [1.29, 1.82) is 0 Å². The Morgan fingerprint density at radius 3 is 2.70 bits per heavy atom. The molecule has 0 aromatic heterocycles. The Bertz CT molecular complexity index is 651. The molecule has 1 aliphatic heterocycles. The summed E-state index contributed by atoms with van der Waals surface area (Å²) in [7, 11) is 0.977. The first-order valence-electron chi connectivity index (χ1n) is 7.13. The average Bonchev–Trinajstić information content (AvgIpc) is 2.86. The Labute approximate surface area is 137 Å². The summed E-state index contributed by atoms with van der Waals surface area (Å²) in [6.45, 7) is 3.67. The number of amides is 2. The van der Waals surface area contributed by atoms with Crippen LogP contribution >= 0.6 is 0 Å². The summed E-state index contributed by atoms with van der Waals surface area (Å²) in [5, 5.41) is 9.08. The number of carbonyl (C=O) groups is 2. The molecule has 1 aromatic rings. The Morgan fingerprint density at radius 2 is 2.09 bits per heavy atom. The van der Waals surface area contributed by atoms with E-state index in [1.54, 1.807) is 31.4 Å². The van der Waals surface area contributed by atoms with Gasteiger partial charge in [0.05, 0.1) is 13.0 Å². The van der Waals surface area contributed by atoms with Gasteiger partial charge >= 0.3 is 0 Å². The number of nitrogens with zero attached hydrogens (tertiary/aromatic N) is 2. The molecule has 1 saturated heterocycles. The molecule has 0 radical (unpaired) electrons. The lowest BCUT2D eigenvalue weighted by Crippen LogP contribution is -2.28. The van der Waals surface area contributed by atoms with Crippen molar-refractivity contribution in [2.75, 3.05) is 18.3 Å². The van der Waals surface area contributed by atoms with Crippen molar-refractivity contribution in [3.8, 4) is 5.75 Å². The van der Waals surface area contributed by atoms with Crippen LogP contribution in [0.4, 0.5) is 5.69 Å². The fraction of sp³-hybridized carbons (Fsp3) is 0.400. The van der Waals surface area contributed by atoms with Gasteiger partial charge in [0.25, 0.3) is 0 Å². The third kappa shape index (κ3) is 4.88. The van der Waals surface area contributed by atoms with E-state index in [9.17, 15) is 9.59 Å². The summed E-state index contributed by atoms with van der Waals surface area (Å²) in [4.78, 5) is 24.0. The molecule has 1 aromatic carbocycles. The van der Waals surface area contributed by atoms with Crippen LogP contribution < -0.4 is 15.4 Å². The zero-order chi connectivity index (χ0) is 16.8. The molecule has 2 atom stereocenters. The average molecular weight is 336 g/mol. The van der Waals surface area contributed by atoms with Gasteiger partial charge in [-0.2, -0.15) is 5.10 Å². The van der Waals surface area contributed by atoms with E-state index in [1.165, 1.54) is 0 Å². The highest BCUT2D eigenvalue weighted by Crippen LogP contribution is 2.17. The lowest BCUT2D eigenvalue weighted by Gasteiger charge is -2.10. The summed E-state index contributed by atoms with van der Waals surface area (Å²) in [5.74, 6) is 0.787. The van der Waals surface area contributed by atoms with Gasteiger partial charge in [-0.25, -0.2) is 0 Å². The van der Waals surface area contributed by atoms with Crippen LogP contribution in [-0.4, -0.2) is 35.8 Å². The molecular weight excluding hydrogens is 316 g/mol. The number of ether oxygens (including phenoxy) is 1. The van der Waals surface area contributed by atoms with E-state index in [1.807, 2.05) is 13.8 Å². The molecule has 1 aliphatic rings. The van der Waals surface area contributed by atoms with Gasteiger partial charge in [0.15, 0.2) is 0 Å². The predicted molar refractivity (Wildman–Crippen MR) is 91.6 cm³/mol. The SMILES string of the molecule is COc1ccc(NC(=O)CC2C(=O)NC/S2=N\N=C(C)C)cc1.